The van der Waals surface area contributed by atoms with Crippen molar-refractivity contribution in [2.24, 2.45) is 14.1 Å². The number of halogens is 1. The van der Waals surface area contributed by atoms with Crippen LogP contribution < -0.4 is 0 Å². The predicted octanol–water partition coefficient (Wildman–Crippen LogP) is 1.75. The lowest BCUT2D eigenvalue weighted by Gasteiger charge is -2.16. The molecule has 2 rings (SSSR count). The topological polar surface area (TPSA) is 38.9 Å². The predicted molar refractivity (Wildman–Crippen MR) is 71.3 cm³/mol. The van der Waals surface area contributed by atoms with Crippen LogP contribution in [0.15, 0.2) is 12.4 Å². The highest BCUT2D eigenvalue weighted by Gasteiger charge is 2.14. The Morgan fingerprint density at radius 2 is 2.06 bits per heavy atom. The maximum atomic E-state index is 6.22. The quantitative estimate of drug-likeness (QED) is 0.847. The van der Waals surface area contributed by atoms with E-state index >= 15 is 0 Å². The van der Waals surface area contributed by atoms with Gasteiger partial charge >= 0.3 is 0 Å². The summed E-state index contributed by atoms with van der Waals surface area (Å²) in [7, 11) is 5.91. The molecular formula is C12H18ClN5. The zero-order valence-corrected chi connectivity index (χ0v) is 11.9. The third-order valence-corrected chi connectivity index (χ3v) is 3.50. The van der Waals surface area contributed by atoms with Crippen molar-refractivity contribution in [3.8, 4) is 0 Å². The Morgan fingerprint density at radius 1 is 1.33 bits per heavy atom. The SMILES string of the molecule is Cc1nn(C)c(Cl)c1CN(C)Cc1nccn1C. The Labute approximate surface area is 112 Å². The second-order valence-corrected chi connectivity index (χ2v) is 4.96. The average molecular weight is 268 g/mol. The van der Waals surface area contributed by atoms with Crippen LogP contribution in [0.4, 0.5) is 0 Å². The van der Waals surface area contributed by atoms with E-state index in [1.165, 1.54) is 0 Å². The minimum atomic E-state index is 0.708. The average Bonchev–Trinajstić information content (AvgIpc) is 2.79. The van der Waals surface area contributed by atoms with Gasteiger partial charge in [-0.1, -0.05) is 11.6 Å². The molecule has 5 nitrogen and oxygen atoms in total. The number of hydrogen-bond acceptors (Lipinski definition) is 3. The molecule has 0 saturated carbocycles. The molecule has 0 aliphatic carbocycles. The van der Waals surface area contributed by atoms with Crippen molar-refractivity contribution in [3.63, 3.8) is 0 Å². The molecule has 0 radical (unpaired) electrons. The molecule has 18 heavy (non-hydrogen) atoms. The summed E-state index contributed by atoms with van der Waals surface area (Å²) in [6.07, 6.45) is 3.76. The zero-order chi connectivity index (χ0) is 13.3. The number of aromatic nitrogens is 4. The lowest BCUT2D eigenvalue weighted by atomic mass is 10.2. The van der Waals surface area contributed by atoms with Gasteiger partial charge in [0.2, 0.25) is 0 Å². The van der Waals surface area contributed by atoms with Crippen LogP contribution in [0.5, 0.6) is 0 Å². The molecule has 0 saturated heterocycles. The van der Waals surface area contributed by atoms with Gasteiger partial charge in [0, 0.05) is 38.6 Å². The normalized spacial score (nSPS) is 11.4. The van der Waals surface area contributed by atoms with Gasteiger partial charge in [-0.05, 0) is 14.0 Å². The van der Waals surface area contributed by atoms with E-state index < -0.39 is 0 Å². The monoisotopic (exact) mass is 267 g/mol. The molecule has 0 fully saturated rings. The summed E-state index contributed by atoms with van der Waals surface area (Å²) >= 11 is 6.22. The van der Waals surface area contributed by atoms with Crippen molar-refractivity contribution in [1.29, 1.82) is 0 Å². The van der Waals surface area contributed by atoms with Crippen molar-refractivity contribution < 1.29 is 0 Å². The van der Waals surface area contributed by atoms with Crippen LogP contribution in [0, 0.1) is 6.92 Å². The van der Waals surface area contributed by atoms with E-state index in [1.54, 1.807) is 4.68 Å². The maximum Gasteiger partial charge on any atom is 0.131 e. The zero-order valence-electron chi connectivity index (χ0n) is 11.2. The van der Waals surface area contributed by atoms with Gasteiger partial charge in [0.25, 0.3) is 0 Å². The molecule has 0 amide bonds. The third-order valence-electron chi connectivity index (χ3n) is 3.03. The maximum absolute atomic E-state index is 6.22. The molecule has 98 valence electrons. The summed E-state index contributed by atoms with van der Waals surface area (Å²) in [6, 6.07) is 0. The second-order valence-electron chi connectivity index (χ2n) is 4.61. The minimum Gasteiger partial charge on any atom is -0.337 e. The molecule has 0 bridgehead atoms. The fourth-order valence-electron chi connectivity index (χ4n) is 1.97. The Kier molecular flexibility index (Phi) is 3.73. The molecule has 0 N–H and O–H groups in total. The molecular weight excluding hydrogens is 250 g/mol. The van der Waals surface area contributed by atoms with E-state index in [0.29, 0.717) is 5.15 Å². The summed E-state index contributed by atoms with van der Waals surface area (Å²) in [5.41, 5.74) is 2.06. The second kappa shape index (κ2) is 5.12. The Balaban J connectivity index is 2.07. The first kappa shape index (κ1) is 13.1. The third kappa shape index (κ3) is 2.57. The van der Waals surface area contributed by atoms with Crippen LogP contribution in [0.1, 0.15) is 17.1 Å². The van der Waals surface area contributed by atoms with Gasteiger partial charge in [-0.15, -0.1) is 0 Å². The van der Waals surface area contributed by atoms with E-state index in [1.807, 2.05) is 38.0 Å². The van der Waals surface area contributed by atoms with Gasteiger partial charge in [-0.2, -0.15) is 5.10 Å². The lowest BCUT2D eigenvalue weighted by molar-refractivity contribution is 0.306. The van der Waals surface area contributed by atoms with Crippen LogP contribution in [0.3, 0.4) is 0 Å². The molecule has 0 aliphatic heterocycles. The van der Waals surface area contributed by atoms with Gasteiger partial charge in [-0.3, -0.25) is 9.58 Å². The molecule has 2 heterocycles. The standard InChI is InChI=1S/C12H18ClN5/c1-9-10(12(13)18(4)15-9)7-16(2)8-11-14-5-6-17(11)3/h5-6H,7-8H2,1-4H3. The van der Waals surface area contributed by atoms with Crippen LogP contribution in [-0.2, 0) is 27.2 Å². The van der Waals surface area contributed by atoms with Crippen LogP contribution in [-0.4, -0.2) is 31.3 Å². The van der Waals surface area contributed by atoms with Crippen molar-refractivity contribution in [1.82, 2.24) is 24.2 Å². The Morgan fingerprint density at radius 3 is 2.56 bits per heavy atom. The van der Waals surface area contributed by atoms with Gasteiger partial charge in [0.05, 0.1) is 12.2 Å². The molecule has 0 atom stereocenters. The number of aryl methyl sites for hydroxylation is 3. The highest BCUT2D eigenvalue weighted by atomic mass is 35.5. The van der Waals surface area contributed by atoms with Crippen LogP contribution in [0.25, 0.3) is 0 Å². The number of rotatable bonds is 4. The summed E-state index contributed by atoms with van der Waals surface area (Å²) in [5.74, 6) is 1.04. The molecule has 2 aromatic rings. The highest BCUT2D eigenvalue weighted by Crippen LogP contribution is 2.20. The fraction of sp³-hybridized carbons (Fsp3) is 0.500. The first-order valence-electron chi connectivity index (χ1n) is 5.81. The van der Waals surface area contributed by atoms with Crippen LogP contribution >= 0.6 is 11.6 Å². The van der Waals surface area contributed by atoms with Gasteiger partial charge < -0.3 is 4.57 Å². The smallest absolute Gasteiger partial charge is 0.131 e. The van der Waals surface area contributed by atoms with Crippen molar-refractivity contribution in [3.05, 3.63) is 34.6 Å². The Hall–Kier alpha value is -1.33. The van der Waals surface area contributed by atoms with E-state index in [0.717, 1.165) is 30.2 Å². The van der Waals surface area contributed by atoms with Crippen LogP contribution in [0.2, 0.25) is 5.15 Å². The number of nitrogens with zero attached hydrogens (tertiary/aromatic N) is 5. The van der Waals surface area contributed by atoms with E-state index in [2.05, 4.69) is 22.0 Å². The van der Waals surface area contributed by atoms with Crippen molar-refractivity contribution in [2.75, 3.05) is 7.05 Å². The minimum absolute atomic E-state index is 0.708. The molecule has 0 unspecified atom stereocenters. The van der Waals surface area contributed by atoms with Gasteiger partial charge in [0.1, 0.15) is 11.0 Å². The summed E-state index contributed by atoms with van der Waals surface area (Å²) in [5, 5.41) is 5.02. The van der Waals surface area contributed by atoms with Crippen molar-refractivity contribution >= 4 is 11.6 Å². The van der Waals surface area contributed by atoms with E-state index in [9.17, 15) is 0 Å². The lowest BCUT2D eigenvalue weighted by Crippen LogP contribution is -2.20. The van der Waals surface area contributed by atoms with Gasteiger partial charge in [-0.25, -0.2) is 4.98 Å². The number of imidazole rings is 1. The van der Waals surface area contributed by atoms with E-state index in [4.69, 9.17) is 11.6 Å². The summed E-state index contributed by atoms with van der Waals surface area (Å²) in [4.78, 5) is 6.49. The Bertz CT molecular complexity index is 543. The number of hydrogen-bond donors (Lipinski definition) is 0. The van der Waals surface area contributed by atoms with Gasteiger partial charge in [0.15, 0.2) is 0 Å². The first-order valence-corrected chi connectivity index (χ1v) is 6.19. The van der Waals surface area contributed by atoms with E-state index in [-0.39, 0.29) is 0 Å². The molecule has 0 spiro atoms. The molecule has 2 aromatic heterocycles. The highest BCUT2D eigenvalue weighted by molar-refractivity contribution is 6.30. The largest absolute Gasteiger partial charge is 0.337 e. The molecule has 0 aromatic carbocycles. The first-order chi connectivity index (χ1) is 8.49. The summed E-state index contributed by atoms with van der Waals surface area (Å²) < 4.78 is 3.73. The molecule has 6 heteroatoms. The fourth-order valence-corrected chi connectivity index (χ4v) is 2.20. The molecule has 0 aliphatic rings. The summed E-state index contributed by atoms with van der Waals surface area (Å²) in [6.45, 7) is 3.54. The van der Waals surface area contributed by atoms with Crippen molar-refractivity contribution in [2.45, 2.75) is 20.0 Å².